The van der Waals surface area contributed by atoms with Gasteiger partial charge in [0.15, 0.2) is 5.96 Å². The molecule has 0 aliphatic carbocycles. The maximum Gasteiger partial charge on any atom is 0.193 e. The smallest absolute Gasteiger partial charge is 0.193 e. The van der Waals surface area contributed by atoms with Crippen molar-refractivity contribution >= 4 is 23.2 Å². The summed E-state index contributed by atoms with van der Waals surface area (Å²) in [5, 5.41) is 3.54. The Balaban J connectivity index is 2.04. The van der Waals surface area contributed by atoms with Crippen LogP contribution < -0.4 is 15.8 Å². The zero-order valence-corrected chi connectivity index (χ0v) is 14.3. The Morgan fingerprint density at radius 2 is 2.13 bits per heavy atom. The van der Waals surface area contributed by atoms with Crippen molar-refractivity contribution in [2.24, 2.45) is 10.7 Å². The average Bonchev–Trinajstić information content (AvgIpc) is 2.54. The summed E-state index contributed by atoms with van der Waals surface area (Å²) in [5.74, 6) is 0.944. The number of benzene rings is 1. The number of methoxy groups -OCH3 is 1. The van der Waals surface area contributed by atoms with Gasteiger partial charge in [-0.25, -0.2) is 0 Å². The summed E-state index contributed by atoms with van der Waals surface area (Å²) in [6, 6.07) is 11.2. The highest BCUT2D eigenvalue weighted by Crippen LogP contribution is 2.27. The van der Waals surface area contributed by atoms with Crippen LogP contribution in [-0.2, 0) is 5.41 Å². The fourth-order valence-electron chi connectivity index (χ4n) is 2.06. The molecule has 1 heterocycles. The first-order chi connectivity index (χ1) is 10.9. The summed E-state index contributed by atoms with van der Waals surface area (Å²) >= 11 is 6.09. The summed E-state index contributed by atoms with van der Waals surface area (Å²) in [7, 11) is 1.57. The van der Waals surface area contributed by atoms with E-state index < -0.39 is 0 Å². The predicted molar refractivity (Wildman–Crippen MR) is 95.4 cm³/mol. The Morgan fingerprint density at radius 1 is 1.35 bits per heavy atom. The molecule has 0 aliphatic heterocycles. The molecule has 0 fully saturated rings. The highest BCUT2D eigenvalue weighted by Gasteiger charge is 2.21. The van der Waals surface area contributed by atoms with Crippen LogP contribution in [0.2, 0.25) is 5.02 Å². The van der Waals surface area contributed by atoms with Crippen molar-refractivity contribution in [3.63, 3.8) is 0 Å². The molecule has 5 nitrogen and oxygen atoms in total. The number of aliphatic imine (C=N–C) groups is 1. The Kier molecular flexibility index (Phi) is 5.45. The topological polar surface area (TPSA) is 72.5 Å². The van der Waals surface area contributed by atoms with E-state index in [1.165, 1.54) is 0 Å². The van der Waals surface area contributed by atoms with E-state index in [-0.39, 0.29) is 5.41 Å². The Labute approximate surface area is 141 Å². The number of hydrogen-bond donors (Lipinski definition) is 2. The van der Waals surface area contributed by atoms with E-state index in [2.05, 4.69) is 29.1 Å². The fourth-order valence-corrected chi connectivity index (χ4v) is 2.32. The lowest BCUT2D eigenvalue weighted by Crippen LogP contribution is -2.28. The molecule has 122 valence electrons. The monoisotopic (exact) mass is 332 g/mol. The zero-order valence-electron chi connectivity index (χ0n) is 13.5. The van der Waals surface area contributed by atoms with Crippen LogP contribution in [0.5, 0.6) is 5.75 Å². The number of halogens is 1. The molecule has 23 heavy (non-hydrogen) atoms. The number of nitrogens with one attached hydrogen (secondary N) is 1. The molecule has 3 N–H and O–H groups in total. The molecule has 0 atom stereocenters. The molecule has 0 aliphatic rings. The van der Waals surface area contributed by atoms with E-state index in [4.69, 9.17) is 22.1 Å². The molecular formula is C17H21ClN4O. The number of ether oxygens (including phenoxy) is 1. The van der Waals surface area contributed by atoms with Gasteiger partial charge in [-0.05, 0) is 30.3 Å². The van der Waals surface area contributed by atoms with Crippen LogP contribution in [0.3, 0.4) is 0 Å². The summed E-state index contributed by atoms with van der Waals surface area (Å²) in [4.78, 5) is 8.79. The lowest BCUT2D eigenvalue weighted by Gasteiger charge is -2.21. The van der Waals surface area contributed by atoms with Crippen LogP contribution in [0.25, 0.3) is 0 Å². The van der Waals surface area contributed by atoms with E-state index in [9.17, 15) is 0 Å². The minimum Gasteiger partial charge on any atom is -0.495 e. The van der Waals surface area contributed by atoms with Crippen molar-refractivity contribution in [3.8, 4) is 5.75 Å². The Morgan fingerprint density at radius 3 is 2.74 bits per heavy atom. The molecule has 0 spiro atoms. The number of nitrogens with zero attached hydrogens (tertiary/aromatic N) is 2. The van der Waals surface area contributed by atoms with Crippen molar-refractivity contribution in [1.82, 2.24) is 4.98 Å². The lowest BCUT2D eigenvalue weighted by atomic mass is 9.89. The first-order valence-corrected chi connectivity index (χ1v) is 7.62. The van der Waals surface area contributed by atoms with Crippen molar-refractivity contribution < 1.29 is 4.74 Å². The summed E-state index contributed by atoms with van der Waals surface area (Å²) in [6.45, 7) is 4.68. The SMILES string of the molecule is COc1ccc(NC(N)=NCC(C)(C)c2ccccn2)cc1Cl. The quantitative estimate of drug-likeness (QED) is 0.649. The van der Waals surface area contributed by atoms with Crippen molar-refractivity contribution in [3.05, 3.63) is 53.3 Å². The van der Waals surface area contributed by atoms with Gasteiger partial charge in [-0.3, -0.25) is 9.98 Å². The number of anilines is 1. The number of hydrogen-bond acceptors (Lipinski definition) is 3. The number of pyridine rings is 1. The summed E-state index contributed by atoms with van der Waals surface area (Å²) in [5.41, 5.74) is 7.49. The zero-order chi connectivity index (χ0) is 16.9. The van der Waals surface area contributed by atoms with Crippen molar-refractivity contribution in [2.75, 3.05) is 19.0 Å². The predicted octanol–water partition coefficient (Wildman–Crippen LogP) is 3.45. The third-order valence-corrected chi connectivity index (χ3v) is 3.72. The highest BCUT2D eigenvalue weighted by atomic mass is 35.5. The fraction of sp³-hybridized carbons (Fsp3) is 0.294. The third-order valence-electron chi connectivity index (χ3n) is 3.43. The molecule has 0 saturated carbocycles. The van der Waals surface area contributed by atoms with E-state index in [0.717, 1.165) is 11.4 Å². The maximum absolute atomic E-state index is 6.09. The average molecular weight is 333 g/mol. The van der Waals surface area contributed by atoms with Gasteiger partial charge in [-0.15, -0.1) is 0 Å². The van der Waals surface area contributed by atoms with Gasteiger partial charge in [0.05, 0.1) is 18.7 Å². The molecule has 0 unspecified atom stereocenters. The summed E-state index contributed by atoms with van der Waals surface area (Å²) < 4.78 is 5.12. The maximum atomic E-state index is 6.09. The Hall–Kier alpha value is -2.27. The van der Waals surface area contributed by atoms with Gasteiger partial charge in [0.1, 0.15) is 5.75 Å². The number of guanidine groups is 1. The van der Waals surface area contributed by atoms with E-state index >= 15 is 0 Å². The molecule has 1 aromatic carbocycles. The van der Waals surface area contributed by atoms with Crippen LogP contribution in [-0.4, -0.2) is 24.6 Å². The Bertz CT molecular complexity index is 686. The van der Waals surface area contributed by atoms with Gasteiger partial charge in [0.2, 0.25) is 0 Å². The van der Waals surface area contributed by atoms with Crippen molar-refractivity contribution in [1.29, 1.82) is 0 Å². The second-order valence-corrected chi connectivity index (χ2v) is 6.18. The van der Waals surface area contributed by atoms with E-state index in [1.54, 1.807) is 25.4 Å². The third kappa shape index (κ3) is 4.60. The molecule has 0 saturated heterocycles. The molecule has 6 heteroatoms. The van der Waals surface area contributed by atoms with Gasteiger partial charge in [0, 0.05) is 23.0 Å². The van der Waals surface area contributed by atoms with Gasteiger partial charge < -0.3 is 15.8 Å². The number of aromatic nitrogens is 1. The van der Waals surface area contributed by atoms with E-state index in [1.807, 2.05) is 24.3 Å². The second-order valence-electron chi connectivity index (χ2n) is 5.77. The molecule has 0 bridgehead atoms. The highest BCUT2D eigenvalue weighted by molar-refractivity contribution is 6.32. The second kappa shape index (κ2) is 7.33. The van der Waals surface area contributed by atoms with Crippen LogP contribution in [0, 0.1) is 0 Å². The normalized spacial score (nSPS) is 12.1. The number of nitrogens with two attached hydrogens (primary N) is 1. The number of rotatable bonds is 5. The molecule has 2 aromatic rings. The molecule has 1 aromatic heterocycles. The largest absolute Gasteiger partial charge is 0.495 e. The minimum absolute atomic E-state index is 0.203. The molecule has 2 rings (SSSR count). The first kappa shape index (κ1) is 17.1. The van der Waals surface area contributed by atoms with Gasteiger partial charge in [-0.2, -0.15) is 0 Å². The standard InChI is InChI=1S/C17H21ClN4O/c1-17(2,15-6-4-5-9-20-15)11-21-16(19)22-12-7-8-14(23-3)13(18)10-12/h4-10H,11H2,1-3H3,(H3,19,21,22). The van der Waals surface area contributed by atoms with Crippen LogP contribution in [0.1, 0.15) is 19.5 Å². The lowest BCUT2D eigenvalue weighted by molar-refractivity contribution is 0.415. The molecular weight excluding hydrogens is 312 g/mol. The van der Waals surface area contributed by atoms with Gasteiger partial charge >= 0.3 is 0 Å². The van der Waals surface area contributed by atoms with Crippen molar-refractivity contribution in [2.45, 2.75) is 19.3 Å². The molecule has 0 amide bonds. The van der Waals surface area contributed by atoms with Crippen LogP contribution in [0.15, 0.2) is 47.6 Å². The van der Waals surface area contributed by atoms with Crippen LogP contribution in [0.4, 0.5) is 5.69 Å². The van der Waals surface area contributed by atoms with Gasteiger partial charge in [-0.1, -0.05) is 31.5 Å². The summed E-state index contributed by atoms with van der Waals surface area (Å²) in [6.07, 6.45) is 1.78. The van der Waals surface area contributed by atoms with Gasteiger partial charge in [0.25, 0.3) is 0 Å². The minimum atomic E-state index is -0.203. The van der Waals surface area contributed by atoms with Crippen LogP contribution >= 0.6 is 11.6 Å². The first-order valence-electron chi connectivity index (χ1n) is 7.24. The van der Waals surface area contributed by atoms with E-state index in [0.29, 0.717) is 23.3 Å². The molecule has 0 radical (unpaired) electrons.